The standard InChI is InChI=1S/C14H21N3O2/c1-10-3-8-13(19-10)9-17(2)12-6-4-11(5-7-12)14(15)16-18/h4-7,10,13,18H,3,8-9H2,1-2H3,(H2,15,16). The molecule has 104 valence electrons. The number of benzene rings is 1. The second-order valence-electron chi connectivity index (χ2n) is 5.06. The molecule has 2 rings (SSSR count). The minimum atomic E-state index is 0.127. The third kappa shape index (κ3) is 3.38. The Bertz CT molecular complexity index is 445. The summed E-state index contributed by atoms with van der Waals surface area (Å²) in [5, 5.41) is 11.6. The molecule has 2 atom stereocenters. The van der Waals surface area contributed by atoms with Crippen LogP contribution in [0.2, 0.25) is 0 Å². The molecule has 0 bridgehead atoms. The van der Waals surface area contributed by atoms with Crippen molar-refractivity contribution in [2.75, 3.05) is 18.5 Å². The van der Waals surface area contributed by atoms with E-state index < -0.39 is 0 Å². The summed E-state index contributed by atoms with van der Waals surface area (Å²) in [4.78, 5) is 2.17. The van der Waals surface area contributed by atoms with E-state index in [0.717, 1.165) is 25.1 Å². The normalized spacial score (nSPS) is 23.6. The van der Waals surface area contributed by atoms with Crippen molar-refractivity contribution in [3.63, 3.8) is 0 Å². The zero-order valence-corrected chi connectivity index (χ0v) is 11.4. The van der Waals surface area contributed by atoms with Crippen LogP contribution >= 0.6 is 0 Å². The molecule has 1 heterocycles. The van der Waals surface area contributed by atoms with Crippen molar-refractivity contribution in [2.45, 2.75) is 32.0 Å². The highest BCUT2D eigenvalue weighted by Crippen LogP contribution is 2.22. The fourth-order valence-electron chi connectivity index (χ4n) is 2.37. The van der Waals surface area contributed by atoms with Gasteiger partial charge in [0.05, 0.1) is 12.2 Å². The Morgan fingerprint density at radius 1 is 1.42 bits per heavy atom. The van der Waals surface area contributed by atoms with Gasteiger partial charge in [0, 0.05) is 24.8 Å². The molecule has 0 spiro atoms. The molecule has 1 aliphatic rings. The predicted octanol–water partition coefficient (Wildman–Crippen LogP) is 1.78. The summed E-state index contributed by atoms with van der Waals surface area (Å²) >= 11 is 0. The lowest BCUT2D eigenvalue weighted by atomic mass is 10.1. The van der Waals surface area contributed by atoms with Crippen LogP contribution in [0.25, 0.3) is 0 Å². The van der Waals surface area contributed by atoms with E-state index in [4.69, 9.17) is 15.7 Å². The lowest BCUT2D eigenvalue weighted by Gasteiger charge is -2.23. The number of hydrogen-bond donors (Lipinski definition) is 2. The van der Waals surface area contributed by atoms with Gasteiger partial charge in [-0.05, 0) is 44.0 Å². The quantitative estimate of drug-likeness (QED) is 0.376. The van der Waals surface area contributed by atoms with Gasteiger partial charge in [-0.1, -0.05) is 5.16 Å². The Balaban J connectivity index is 1.97. The van der Waals surface area contributed by atoms with Crippen LogP contribution in [0.3, 0.4) is 0 Å². The van der Waals surface area contributed by atoms with E-state index >= 15 is 0 Å². The molecule has 19 heavy (non-hydrogen) atoms. The molecule has 1 aromatic rings. The first kappa shape index (κ1) is 13.7. The van der Waals surface area contributed by atoms with Crippen LogP contribution in [0.15, 0.2) is 29.4 Å². The van der Waals surface area contributed by atoms with Gasteiger partial charge < -0.3 is 20.6 Å². The Hall–Kier alpha value is -1.75. The van der Waals surface area contributed by atoms with Crippen LogP contribution in [0.1, 0.15) is 25.3 Å². The largest absolute Gasteiger partial charge is 0.409 e. The van der Waals surface area contributed by atoms with E-state index in [1.54, 1.807) is 0 Å². The molecule has 2 unspecified atom stereocenters. The summed E-state index contributed by atoms with van der Waals surface area (Å²) < 4.78 is 5.82. The van der Waals surface area contributed by atoms with Crippen molar-refractivity contribution >= 4 is 11.5 Å². The van der Waals surface area contributed by atoms with Crippen molar-refractivity contribution in [3.8, 4) is 0 Å². The number of nitrogens with zero attached hydrogens (tertiary/aromatic N) is 2. The van der Waals surface area contributed by atoms with Crippen LogP contribution in [0, 0.1) is 0 Å². The Morgan fingerprint density at radius 3 is 2.63 bits per heavy atom. The Labute approximate surface area is 113 Å². The predicted molar refractivity (Wildman–Crippen MR) is 75.8 cm³/mol. The monoisotopic (exact) mass is 263 g/mol. The molecular weight excluding hydrogens is 242 g/mol. The molecule has 1 aromatic carbocycles. The third-order valence-corrected chi connectivity index (χ3v) is 3.51. The molecule has 1 saturated heterocycles. The number of ether oxygens (including phenoxy) is 1. The summed E-state index contributed by atoms with van der Waals surface area (Å²) in [6.07, 6.45) is 2.94. The fraction of sp³-hybridized carbons (Fsp3) is 0.500. The van der Waals surface area contributed by atoms with Crippen LogP contribution in [0.5, 0.6) is 0 Å². The van der Waals surface area contributed by atoms with E-state index in [2.05, 4.69) is 17.0 Å². The number of nitrogens with two attached hydrogens (primary N) is 1. The summed E-state index contributed by atoms with van der Waals surface area (Å²) in [5.41, 5.74) is 7.34. The van der Waals surface area contributed by atoms with Crippen LogP contribution < -0.4 is 10.6 Å². The zero-order valence-electron chi connectivity index (χ0n) is 11.4. The van der Waals surface area contributed by atoms with Crippen LogP contribution in [-0.2, 0) is 4.74 Å². The van der Waals surface area contributed by atoms with Gasteiger partial charge in [-0.15, -0.1) is 0 Å². The van der Waals surface area contributed by atoms with Crippen LogP contribution in [0.4, 0.5) is 5.69 Å². The van der Waals surface area contributed by atoms with Gasteiger partial charge in [0.2, 0.25) is 0 Å². The van der Waals surface area contributed by atoms with Gasteiger partial charge in [0.25, 0.3) is 0 Å². The lowest BCUT2D eigenvalue weighted by Crippen LogP contribution is -2.29. The zero-order chi connectivity index (χ0) is 13.8. The summed E-state index contributed by atoms with van der Waals surface area (Å²) in [6.45, 7) is 3.00. The molecule has 5 heteroatoms. The first-order chi connectivity index (χ1) is 9.10. The van der Waals surface area contributed by atoms with E-state index in [0.29, 0.717) is 17.8 Å². The minimum Gasteiger partial charge on any atom is -0.409 e. The highest BCUT2D eigenvalue weighted by atomic mass is 16.5. The van der Waals surface area contributed by atoms with E-state index in [1.807, 2.05) is 31.3 Å². The maximum atomic E-state index is 8.62. The van der Waals surface area contributed by atoms with Gasteiger partial charge in [0.1, 0.15) is 0 Å². The molecule has 0 saturated carbocycles. The average Bonchev–Trinajstić information content (AvgIpc) is 2.83. The smallest absolute Gasteiger partial charge is 0.170 e. The maximum Gasteiger partial charge on any atom is 0.170 e. The molecule has 1 fully saturated rings. The van der Waals surface area contributed by atoms with E-state index in [1.165, 1.54) is 0 Å². The van der Waals surface area contributed by atoms with Gasteiger partial charge in [-0.2, -0.15) is 0 Å². The fourth-order valence-corrected chi connectivity index (χ4v) is 2.37. The molecule has 0 aliphatic carbocycles. The van der Waals surface area contributed by atoms with Gasteiger partial charge in [-0.3, -0.25) is 0 Å². The average molecular weight is 263 g/mol. The van der Waals surface area contributed by atoms with Gasteiger partial charge in [0.15, 0.2) is 5.84 Å². The van der Waals surface area contributed by atoms with Crippen molar-refractivity contribution in [1.82, 2.24) is 0 Å². The molecule has 0 aromatic heterocycles. The first-order valence-corrected chi connectivity index (χ1v) is 6.54. The maximum absolute atomic E-state index is 8.62. The SMILES string of the molecule is CC1CCC(CN(C)c2ccc(/C(N)=N/O)cc2)O1. The third-order valence-electron chi connectivity index (χ3n) is 3.51. The van der Waals surface area contributed by atoms with Crippen molar-refractivity contribution in [3.05, 3.63) is 29.8 Å². The number of amidine groups is 1. The van der Waals surface area contributed by atoms with Crippen molar-refractivity contribution in [1.29, 1.82) is 0 Å². The number of anilines is 1. The first-order valence-electron chi connectivity index (χ1n) is 6.54. The summed E-state index contributed by atoms with van der Waals surface area (Å²) in [7, 11) is 2.05. The topological polar surface area (TPSA) is 71.1 Å². The molecule has 3 N–H and O–H groups in total. The summed E-state index contributed by atoms with van der Waals surface area (Å²) in [5.74, 6) is 0.127. The second-order valence-corrected chi connectivity index (χ2v) is 5.06. The molecule has 0 amide bonds. The second kappa shape index (κ2) is 5.93. The number of likely N-dealkylation sites (N-methyl/N-ethyl adjacent to an activating group) is 1. The van der Waals surface area contributed by atoms with E-state index in [9.17, 15) is 0 Å². The highest BCUT2D eigenvalue weighted by molar-refractivity contribution is 5.97. The van der Waals surface area contributed by atoms with Gasteiger partial charge in [-0.25, -0.2) is 0 Å². The number of rotatable bonds is 4. The molecular formula is C14H21N3O2. The molecule has 1 aliphatic heterocycles. The van der Waals surface area contributed by atoms with Gasteiger partial charge >= 0.3 is 0 Å². The van der Waals surface area contributed by atoms with Crippen molar-refractivity contribution in [2.24, 2.45) is 10.9 Å². The Morgan fingerprint density at radius 2 is 2.11 bits per heavy atom. The van der Waals surface area contributed by atoms with Crippen molar-refractivity contribution < 1.29 is 9.94 Å². The highest BCUT2D eigenvalue weighted by Gasteiger charge is 2.22. The van der Waals surface area contributed by atoms with Crippen LogP contribution in [-0.4, -0.2) is 36.8 Å². The lowest BCUT2D eigenvalue weighted by molar-refractivity contribution is 0.0606. The summed E-state index contributed by atoms with van der Waals surface area (Å²) in [6, 6.07) is 7.62. The number of oxime groups is 1. The Kier molecular flexibility index (Phi) is 4.27. The molecule has 0 radical (unpaired) electrons. The van der Waals surface area contributed by atoms with E-state index in [-0.39, 0.29) is 5.84 Å². The minimum absolute atomic E-state index is 0.127. The molecule has 5 nitrogen and oxygen atoms in total. The number of hydrogen-bond acceptors (Lipinski definition) is 4.